The largest absolute Gasteiger partial charge is 1.00 e. The molecule has 3 rings (SSSR count). The van der Waals surface area contributed by atoms with E-state index < -0.39 is 23.2 Å². The Kier molecular flexibility index (Phi) is 9.09. The van der Waals surface area contributed by atoms with Crippen molar-refractivity contribution in [3.8, 4) is 0 Å². The topological polar surface area (TPSA) is 0 Å². The molecule has 0 spiro atoms. The average molecular weight is 652 g/mol. The molecule has 0 nitrogen and oxygen atoms in total. The fraction of sp³-hybridized carbons (Fsp3) is 0.478. The summed E-state index contributed by atoms with van der Waals surface area (Å²) >= 11 is -0.743. The molecule has 0 bridgehead atoms. The third-order valence-corrected chi connectivity index (χ3v) is 12.7. The van der Waals surface area contributed by atoms with Crippen molar-refractivity contribution in [1.82, 2.24) is 0 Å². The number of rotatable bonds is 4. The van der Waals surface area contributed by atoms with E-state index in [1.165, 1.54) is 12.0 Å². The number of halogens is 2. The summed E-state index contributed by atoms with van der Waals surface area (Å²) in [5, 5.41) is 0. The summed E-state index contributed by atoms with van der Waals surface area (Å²) in [6.07, 6.45) is 3.77. The van der Waals surface area contributed by atoms with Gasteiger partial charge in [-0.3, -0.25) is 0 Å². The molecule has 0 heterocycles. The van der Waals surface area contributed by atoms with Gasteiger partial charge in [-0.2, -0.15) is 0 Å². The molecule has 0 amide bonds. The van der Waals surface area contributed by atoms with Gasteiger partial charge in [0, 0.05) is 0 Å². The first kappa shape index (κ1) is 24.8. The first-order chi connectivity index (χ1) is 11.3. The molecule has 0 N–H and O–H groups in total. The fourth-order valence-corrected chi connectivity index (χ4v) is 10.7. The second-order valence-electron chi connectivity index (χ2n) is 7.76. The van der Waals surface area contributed by atoms with E-state index in [2.05, 4.69) is 78.8 Å². The summed E-state index contributed by atoms with van der Waals surface area (Å²) in [6, 6.07) is 9.13. The van der Waals surface area contributed by atoms with Crippen LogP contribution in [0.1, 0.15) is 69.6 Å². The molecule has 140 valence electrons. The van der Waals surface area contributed by atoms with Crippen LogP contribution in [-0.4, -0.2) is 0 Å². The van der Waals surface area contributed by atoms with E-state index in [4.69, 9.17) is 0 Å². The van der Waals surface area contributed by atoms with Gasteiger partial charge in [0.25, 0.3) is 0 Å². The molecule has 0 saturated heterocycles. The van der Waals surface area contributed by atoms with E-state index in [0.29, 0.717) is 9.04 Å². The van der Waals surface area contributed by atoms with Gasteiger partial charge in [-0.05, 0) is 0 Å². The molecule has 1 atom stereocenters. The Labute approximate surface area is 206 Å². The summed E-state index contributed by atoms with van der Waals surface area (Å²) in [5.41, 5.74) is 11.3. The van der Waals surface area contributed by atoms with Gasteiger partial charge in [-0.1, -0.05) is 0 Å². The minimum atomic E-state index is -0.743. The van der Waals surface area contributed by atoms with Crippen molar-refractivity contribution in [2.24, 2.45) is 5.92 Å². The van der Waals surface area contributed by atoms with E-state index >= 15 is 0 Å². The van der Waals surface area contributed by atoms with Gasteiger partial charge in [-0.15, -0.1) is 0 Å². The summed E-state index contributed by atoms with van der Waals surface area (Å²) < 4.78 is 1.14. The Balaban J connectivity index is 0.00000169. The van der Waals surface area contributed by atoms with Gasteiger partial charge < -0.3 is 48.0 Å². The number of hydrogen-bond donors (Lipinski definition) is 0. The van der Waals surface area contributed by atoms with Gasteiger partial charge in [0.1, 0.15) is 0 Å². The molecule has 0 fully saturated rings. The Morgan fingerprint density at radius 3 is 2.00 bits per heavy atom. The van der Waals surface area contributed by atoms with Crippen LogP contribution in [-0.2, 0) is 23.2 Å². The Hall–Kier alpha value is 0.783. The van der Waals surface area contributed by atoms with E-state index in [-0.39, 0.29) is 48.0 Å². The Bertz CT molecular complexity index is 744. The Morgan fingerprint density at radius 1 is 0.962 bits per heavy atom. The normalized spacial score (nSPS) is 20.5. The third kappa shape index (κ3) is 3.92. The molecule has 1 aromatic rings. The van der Waals surface area contributed by atoms with Crippen LogP contribution in [0.5, 0.6) is 0 Å². The van der Waals surface area contributed by atoms with E-state index in [1.54, 1.807) is 33.4 Å². The van der Waals surface area contributed by atoms with Crippen molar-refractivity contribution < 1.29 is 71.2 Å². The van der Waals surface area contributed by atoms with Gasteiger partial charge in [-0.25, -0.2) is 0 Å². The fourth-order valence-electron chi connectivity index (χ4n) is 4.59. The minimum absolute atomic E-state index is 0. The van der Waals surface area contributed by atoms with Crippen LogP contribution < -0.4 is 48.0 Å². The molecule has 0 aliphatic heterocycles. The first-order valence-corrected chi connectivity index (χ1v) is 11.9. The maximum atomic E-state index is 2.50. The van der Waals surface area contributed by atoms with Crippen LogP contribution in [0, 0.1) is 5.92 Å². The monoisotopic (exact) mass is 650 g/mol. The summed E-state index contributed by atoms with van der Waals surface area (Å²) in [4.78, 5) is 0. The van der Waals surface area contributed by atoms with Crippen molar-refractivity contribution >= 4 is 6.08 Å². The minimum Gasteiger partial charge on any atom is -1.00 e. The van der Waals surface area contributed by atoms with Crippen LogP contribution >= 0.6 is 0 Å². The quantitative estimate of drug-likeness (QED) is 0.429. The van der Waals surface area contributed by atoms with Gasteiger partial charge >= 0.3 is 160 Å². The summed E-state index contributed by atoms with van der Waals surface area (Å²) in [6.45, 7) is 16.7. The number of fused-ring (bicyclic) bond motifs is 1. The molecular weight excluding hydrogens is 621 g/mol. The second-order valence-corrected chi connectivity index (χ2v) is 12.0. The van der Waals surface area contributed by atoms with Crippen LogP contribution in [0.25, 0.3) is 6.08 Å². The molecule has 26 heavy (non-hydrogen) atoms. The molecule has 2 aliphatic rings. The summed E-state index contributed by atoms with van der Waals surface area (Å²) in [7, 11) is 0. The van der Waals surface area contributed by atoms with Gasteiger partial charge in [0.15, 0.2) is 0 Å². The molecule has 1 unspecified atom stereocenters. The zero-order valence-corrected chi connectivity index (χ0v) is 23.8. The zero-order valence-electron chi connectivity index (χ0n) is 17.0. The van der Waals surface area contributed by atoms with Crippen LogP contribution in [0.4, 0.5) is 0 Å². The second kappa shape index (κ2) is 9.52. The van der Waals surface area contributed by atoms with E-state index in [1.807, 2.05) is 0 Å². The standard InChI is InChI=1S/C12H13.C11H17.2HI.Zr/c1-9(2)12-7-10-5-3-4-6-11(10)8-12;1-6-11-9(4)7(2)8(3)10(11)5;;;/h3-9H,1-2H3;6H2,1-5H3;2*1H;/q;;;;+2/p-2. The van der Waals surface area contributed by atoms with Crippen molar-refractivity contribution in [3.05, 3.63) is 63.3 Å². The third-order valence-electron chi connectivity index (χ3n) is 6.52. The molecule has 3 heteroatoms. The number of hydrogen-bond acceptors (Lipinski definition) is 0. The van der Waals surface area contributed by atoms with Crippen molar-refractivity contribution in [2.45, 2.75) is 61.6 Å². The van der Waals surface area contributed by atoms with Gasteiger partial charge in [0.2, 0.25) is 0 Å². The average Bonchev–Trinajstić information content (AvgIpc) is 3.02. The molecule has 0 aromatic heterocycles. The maximum absolute atomic E-state index is 2.50. The van der Waals surface area contributed by atoms with Crippen LogP contribution in [0.3, 0.4) is 0 Å². The predicted molar refractivity (Wildman–Crippen MR) is 102 cm³/mol. The number of allylic oxidation sites excluding steroid dienone is 5. The zero-order chi connectivity index (χ0) is 17.6. The van der Waals surface area contributed by atoms with Crippen molar-refractivity contribution in [1.29, 1.82) is 0 Å². The molecule has 1 aromatic carbocycles. The molecule has 2 aliphatic carbocycles. The molecule has 0 saturated carbocycles. The van der Waals surface area contributed by atoms with Crippen molar-refractivity contribution in [3.63, 3.8) is 0 Å². The SMILES string of the molecule is CC[C]1([Zr+2][CH]2C(C(C)C)=Cc3ccccc32)C(C)=C(C)C(C)=C1C.[I-].[I-]. The van der Waals surface area contributed by atoms with Crippen LogP contribution in [0.2, 0.25) is 3.12 Å². The van der Waals surface area contributed by atoms with Crippen LogP contribution in [0.15, 0.2) is 52.1 Å². The Morgan fingerprint density at radius 2 is 1.50 bits per heavy atom. The van der Waals surface area contributed by atoms with Crippen molar-refractivity contribution in [2.75, 3.05) is 0 Å². The number of benzene rings is 1. The molecule has 0 radical (unpaired) electrons. The predicted octanol–water partition coefficient (Wildman–Crippen LogP) is 1.13. The molecular formula is C23H30I2Zr. The smallest absolute Gasteiger partial charge is 1.00 e. The van der Waals surface area contributed by atoms with E-state index in [0.717, 1.165) is 3.63 Å². The maximum Gasteiger partial charge on any atom is -1.00 e. The van der Waals surface area contributed by atoms with E-state index in [9.17, 15) is 0 Å². The first-order valence-electron chi connectivity index (χ1n) is 9.27. The summed E-state index contributed by atoms with van der Waals surface area (Å²) in [5.74, 6) is 0.648. The van der Waals surface area contributed by atoms with Gasteiger partial charge in [0.05, 0.1) is 0 Å².